The molecule has 8 heavy (non-hydrogen) atoms. The van der Waals surface area contributed by atoms with Gasteiger partial charge in [-0.15, -0.1) is 0 Å². The predicted molar refractivity (Wildman–Crippen MR) is 25.8 cm³/mol. The van der Waals surface area contributed by atoms with Gasteiger partial charge in [-0.1, -0.05) is 0 Å². The number of urea groups is 1. The zero-order valence-corrected chi connectivity index (χ0v) is 4.10. The Morgan fingerprint density at radius 1 is 1.50 bits per heavy atom. The summed E-state index contributed by atoms with van der Waals surface area (Å²) in [6, 6.07) is -0.419. The summed E-state index contributed by atoms with van der Waals surface area (Å²) in [6.45, 7) is 0.338. The lowest BCUT2D eigenvalue weighted by Gasteiger charge is -2.09. The first kappa shape index (κ1) is 5.08. The number of carbonyl (C=O) groups excluding carboxylic acids is 2. The quantitative estimate of drug-likeness (QED) is 0.424. The Morgan fingerprint density at radius 2 is 2.25 bits per heavy atom. The molecule has 1 rings (SSSR count). The van der Waals surface area contributed by atoms with Crippen molar-refractivity contribution < 1.29 is 9.59 Å². The molecule has 1 saturated heterocycles. The van der Waals surface area contributed by atoms with Crippen LogP contribution in [0.25, 0.3) is 0 Å². The Bertz CT molecular complexity index is 118. The van der Waals surface area contributed by atoms with Crippen LogP contribution >= 0.6 is 0 Å². The molecule has 3 amide bonds. The van der Waals surface area contributed by atoms with Crippen molar-refractivity contribution in [2.75, 3.05) is 6.54 Å². The van der Waals surface area contributed by atoms with E-state index in [0.29, 0.717) is 6.54 Å². The maximum absolute atomic E-state index is 10.2. The molecule has 0 spiro atoms. The Morgan fingerprint density at radius 3 is 2.62 bits per heavy atom. The van der Waals surface area contributed by atoms with E-state index in [1.54, 1.807) is 0 Å². The van der Waals surface area contributed by atoms with Gasteiger partial charge in [-0.2, -0.15) is 0 Å². The summed E-state index contributed by atoms with van der Waals surface area (Å²) in [5.41, 5.74) is 0. The third-order valence-electron chi connectivity index (χ3n) is 0.787. The summed E-state index contributed by atoms with van der Waals surface area (Å²) >= 11 is 0. The van der Waals surface area contributed by atoms with Crippen LogP contribution in [0.15, 0.2) is 0 Å². The number of carbonyl (C=O) groups is 2. The van der Waals surface area contributed by atoms with Crippen LogP contribution in [0.5, 0.6) is 0 Å². The van der Waals surface area contributed by atoms with Gasteiger partial charge in [-0.3, -0.25) is 10.1 Å². The van der Waals surface area contributed by atoms with Gasteiger partial charge in [-0.25, -0.2) is 4.79 Å². The normalized spacial score (nSPS) is 19.5. The van der Waals surface area contributed by atoms with Crippen LogP contribution in [-0.4, -0.2) is 18.5 Å². The van der Waals surface area contributed by atoms with E-state index in [2.05, 4.69) is 5.32 Å². The number of rotatable bonds is 0. The molecule has 0 aromatic rings. The summed E-state index contributed by atoms with van der Waals surface area (Å²) in [4.78, 5) is 20.5. The fourth-order valence-electron chi connectivity index (χ4n) is 0.444. The van der Waals surface area contributed by atoms with Gasteiger partial charge in [0, 0.05) is 6.54 Å². The molecule has 2 N–H and O–H groups in total. The molecular weight excluding hydrogens is 108 g/mol. The molecule has 0 atom stereocenters. The van der Waals surface area contributed by atoms with Crippen molar-refractivity contribution in [1.29, 1.82) is 0 Å². The molecule has 0 saturated carbocycles. The van der Waals surface area contributed by atoms with Gasteiger partial charge in [0.2, 0.25) is 5.91 Å². The number of hydrogen-bond acceptors (Lipinski definition) is 2. The zero-order chi connectivity index (χ0) is 5.98. The highest BCUT2D eigenvalue weighted by Gasteiger charge is 2.12. The number of nitrogens with one attached hydrogen (secondary N) is 2. The van der Waals surface area contributed by atoms with Crippen LogP contribution in [0.2, 0.25) is 0 Å². The molecule has 1 heterocycles. The average molecular weight is 113 g/mol. The minimum absolute atomic E-state index is 0.325. The molecule has 0 aromatic carbocycles. The van der Waals surface area contributed by atoms with E-state index in [1.165, 1.54) is 6.42 Å². The molecule has 1 fully saturated rings. The smallest absolute Gasteiger partial charge is 0.321 e. The first-order valence-electron chi connectivity index (χ1n) is 2.21. The van der Waals surface area contributed by atoms with Gasteiger partial charge in [0.05, 0.1) is 6.42 Å². The second-order valence-corrected chi connectivity index (χ2v) is 1.40. The molecule has 0 aromatic heterocycles. The van der Waals surface area contributed by atoms with Crippen LogP contribution in [0.1, 0.15) is 0 Å². The molecule has 0 bridgehead atoms. The van der Waals surface area contributed by atoms with Crippen LogP contribution in [0.4, 0.5) is 4.79 Å². The number of hydrogen-bond donors (Lipinski definition) is 2. The molecule has 0 aliphatic carbocycles. The zero-order valence-electron chi connectivity index (χ0n) is 4.10. The van der Waals surface area contributed by atoms with Crippen LogP contribution in [0.3, 0.4) is 0 Å². The van der Waals surface area contributed by atoms with Gasteiger partial charge in [-0.05, 0) is 0 Å². The van der Waals surface area contributed by atoms with Crippen molar-refractivity contribution in [2.45, 2.75) is 0 Å². The third kappa shape index (κ3) is 0.959. The highest BCUT2D eigenvalue weighted by molar-refractivity contribution is 6.01. The topological polar surface area (TPSA) is 58.2 Å². The molecular formula is C4H5N2O2. The minimum atomic E-state index is -0.419. The first-order valence-corrected chi connectivity index (χ1v) is 2.21. The van der Waals surface area contributed by atoms with Crippen molar-refractivity contribution in [3.05, 3.63) is 6.42 Å². The fourth-order valence-corrected chi connectivity index (χ4v) is 0.444. The standard InChI is InChI=1S/C4H5N2O2/c7-3-1-2-5-4(8)6-3/h1H,2H2,(H2,5,6,7,8). The van der Waals surface area contributed by atoms with Crippen molar-refractivity contribution in [3.8, 4) is 0 Å². The summed E-state index contributed by atoms with van der Waals surface area (Å²) in [5.74, 6) is -0.325. The van der Waals surface area contributed by atoms with Gasteiger partial charge in [0.25, 0.3) is 0 Å². The molecule has 1 radical (unpaired) electrons. The van der Waals surface area contributed by atoms with Crippen molar-refractivity contribution in [2.24, 2.45) is 0 Å². The summed E-state index contributed by atoms with van der Waals surface area (Å²) in [6.07, 6.45) is 1.36. The Kier molecular flexibility index (Phi) is 1.15. The molecule has 1 aliphatic rings. The van der Waals surface area contributed by atoms with Crippen LogP contribution < -0.4 is 10.6 Å². The molecule has 1 aliphatic heterocycles. The molecule has 0 unspecified atom stereocenters. The van der Waals surface area contributed by atoms with Gasteiger partial charge < -0.3 is 5.32 Å². The van der Waals surface area contributed by atoms with E-state index < -0.39 is 6.03 Å². The van der Waals surface area contributed by atoms with E-state index in [4.69, 9.17) is 0 Å². The van der Waals surface area contributed by atoms with E-state index in [9.17, 15) is 9.59 Å². The van der Waals surface area contributed by atoms with Crippen LogP contribution in [-0.2, 0) is 4.79 Å². The Balaban J connectivity index is 2.45. The third-order valence-corrected chi connectivity index (χ3v) is 0.787. The van der Waals surface area contributed by atoms with E-state index in [-0.39, 0.29) is 5.91 Å². The van der Waals surface area contributed by atoms with E-state index >= 15 is 0 Å². The predicted octanol–water partition coefficient (Wildman–Crippen LogP) is -0.970. The fraction of sp³-hybridized carbons (Fsp3) is 0.250. The van der Waals surface area contributed by atoms with Gasteiger partial charge in [0.15, 0.2) is 0 Å². The monoisotopic (exact) mass is 113 g/mol. The SMILES string of the molecule is O=C1[CH]CNC(=O)N1. The number of imide groups is 1. The highest BCUT2D eigenvalue weighted by atomic mass is 16.2. The van der Waals surface area contributed by atoms with E-state index in [0.717, 1.165) is 0 Å². The molecule has 43 valence electrons. The lowest BCUT2D eigenvalue weighted by molar-refractivity contribution is -0.117. The Hall–Kier alpha value is -1.06. The highest BCUT2D eigenvalue weighted by Crippen LogP contribution is 1.81. The lowest BCUT2D eigenvalue weighted by atomic mass is 10.3. The summed E-state index contributed by atoms with van der Waals surface area (Å²) in [5, 5.41) is 4.42. The van der Waals surface area contributed by atoms with Gasteiger partial charge >= 0.3 is 6.03 Å². The van der Waals surface area contributed by atoms with E-state index in [1.807, 2.05) is 5.32 Å². The Labute approximate surface area is 46.3 Å². The molecule has 4 heteroatoms. The second-order valence-electron chi connectivity index (χ2n) is 1.40. The van der Waals surface area contributed by atoms with Crippen molar-refractivity contribution >= 4 is 11.9 Å². The largest absolute Gasteiger partial charge is 0.337 e. The minimum Gasteiger partial charge on any atom is -0.337 e. The van der Waals surface area contributed by atoms with Crippen molar-refractivity contribution in [3.63, 3.8) is 0 Å². The van der Waals surface area contributed by atoms with Gasteiger partial charge in [0.1, 0.15) is 0 Å². The summed E-state index contributed by atoms with van der Waals surface area (Å²) < 4.78 is 0. The number of amides is 3. The maximum atomic E-state index is 10.2. The first-order chi connectivity index (χ1) is 3.79. The lowest BCUT2D eigenvalue weighted by Crippen LogP contribution is -2.46. The summed E-state index contributed by atoms with van der Waals surface area (Å²) in [7, 11) is 0. The maximum Gasteiger partial charge on any atom is 0.321 e. The average Bonchev–Trinajstić information content (AvgIpc) is 1.64. The molecule has 4 nitrogen and oxygen atoms in total. The second kappa shape index (κ2) is 1.81. The van der Waals surface area contributed by atoms with Crippen LogP contribution in [0, 0.1) is 6.42 Å². The van der Waals surface area contributed by atoms with Crippen molar-refractivity contribution in [1.82, 2.24) is 10.6 Å².